The SMILES string of the molecule is CCOC(=O)c1cc(C(F)(F)F)nc(CN)c1OC(F)(F)F. The lowest BCUT2D eigenvalue weighted by Gasteiger charge is -2.17. The number of ether oxygens (including phenoxy) is 2. The second kappa shape index (κ2) is 6.38. The maximum absolute atomic E-state index is 12.7. The van der Waals surface area contributed by atoms with Crippen LogP contribution in [0.1, 0.15) is 28.7 Å². The number of hydrogen-bond acceptors (Lipinski definition) is 5. The van der Waals surface area contributed by atoms with Crippen LogP contribution in [0, 0.1) is 0 Å². The average molecular weight is 332 g/mol. The monoisotopic (exact) mass is 332 g/mol. The summed E-state index contributed by atoms with van der Waals surface area (Å²) in [5, 5.41) is 0. The molecular formula is C11H10F6N2O3. The molecule has 0 bridgehead atoms. The Morgan fingerprint density at radius 1 is 1.27 bits per heavy atom. The van der Waals surface area contributed by atoms with Gasteiger partial charge in [0.15, 0.2) is 5.75 Å². The van der Waals surface area contributed by atoms with Crippen molar-refractivity contribution in [3.63, 3.8) is 0 Å². The summed E-state index contributed by atoms with van der Waals surface area (Å²) >= 11 is 0. The van der Waals surface area contributed by atoms with Crippen LogP contribution < -0.4 is 10.5 Å². The summed E-state index contributed by atoms with van der Waals surface area (Å²) in [5.74, 6) is -2.62. The number of carbonyl (C=O) groups is 1. The molecule has 0 aromatic carbocycles. The molecule has 0 amide bonds. The van der Waals surface area contributed by atoms with E-state index in [0.29, 0.717) is 0 Å². The van der Waals surface area contributed by atoms with Gasteiger partial charge >= 0.3 is 18.5 Å². The van der Waals surface area contributed by atoms with Gasteiger partial charge in [-0.15, -0.1) is 13.2 Å². The van der Waals surface area contributed by atoms with Gasteiger partial charge in [0.2, 0.25) is 0 Å². The van der Waals surface area contributed by atoms with Crippen LogP contribution in [0.2, 0.25) is 0 Å². The van der Waals surface area contributed by atoms with Crippen molar-refractivity contribution in [3.05, 3.63) is 23.0 Å². The predicted octanol–water partition coefficient (Wildman–Crippen LogP) is 2.63. The first-order chi connectivity index (χ1) is 9.99. The smallest absolute Gasteiger partial charge is 0.462 e. The highest BCUT2D eigenvalue weighted by molar-refractivity contribution is 5.93. The van der Waals surface area contributed by atoms with E-state index in [-0.39, 0.29) is 12.7 Å². The summed E-state index contributed by atoms with van der Waals surface area (Å²) in [6.45, 7) is 0.269. The first-order valence-electron chi connectivity index (χ1n) is 5.73. The molecule has 2 N–H and O–H groups in total. The fraction of sp³-hybridized carbons (Fsp3) is 0.455. The molecule has 0 saturated carbocycles. The van der Waals surface area contributed by atoms with Crippen molar-refractivity contribution in [2.45, 2.75) is 26.0 Å². The van der Waals surface area contributed by atoms with Crippen LogP contribution in [-0.2, 0) is 17.5 Å². The topological polar surface area (TPSA) is 74.4 Å². The Hall–Kier alpha value is -2.04. The minimum atomic E-state index is -5.24. The highest BCUT2D eigenvalue weighted by Gasteiger charge is 2.39. The number of nitrogens with two attached hydrogens (primary N) is 1. The summed E-state index contributed by atoms with van der Waals surface area (Å²) < 4.78 is 83.1. The molecule has 0 aliphatic heterocycles. The number of carbonyl (C=O) groups excluding carboxylic acids is 1. The van der Waals surface area contributed by atoms with Gasteiger partial charge in [-0.3, -0.25) is 0 Å². The number of nitrogens with zero attached hydrogens (tertiary/aromatic N) is 1. The van der Waals surface area contributed by atoms with E-state index in [1.165, 1.54) is 6.92 Å². The fourth-order valence-electron chi connectivity index (χ4n) is 1.46. The number of rotatable bonds is 4. The third-order valence-electron chi connectivity index (χ3n) is 2.24. The van der Waals surface area contributed by atoms with E-state index in [1.807, 2.05) is 0 Å². The van der Waals surface area contributed by atoms with E-state index in [9.17, 15) is 31.1 Å². The molecule has 0 unspecified atom stereocenters. The molecular weight excluding hydrogens is 322 g/mol. The van der Waals surface area contributed by atoms with Crippen molar-refractivity contribution in [1.82, 2.24) is 4.98 Å². The Balaban J connectivity index is 3.54. The van der Waals surface area contributed by atoms with Crippen molar-refractivity contribution < 1.29 is 40.6 Å². The molecule has 124 valence electrons. The van der Waals surface area contributed by atoms with Gasteiger partial charge in [0.1, 0.15) is 11.3 Å². The summed E-state index contributed by atoms with van der Waals surface area (Å²) in [5.41, 5.74) is 1.60. The molecule has 0 spiro atoms. The summed E-state index contributed by atoms with van der Waals surface area (Å²) in [4.78, 5) is 14.6. The van der Waals surface area contributed by atoms with Gasteiger partial charge in [0, 0.05) is 6.54 Å². The maximum atomic E-state index is 12.7. The molecule has 22 heavy (non-hydrogen) atoms. The predicted molar refractivity (Wildman–Crippen MR) is 59.8 cm³/mol. The third-order valence-corrected chi connectivity index (χ3v) is 2.24. The van der Waals surface area contributed by atoms with Gasteiger partial charge in [-0.05, 0) is 13.0 Å². The lowest BCUT2D eigenvalue weighted by molar-refractivity contribution is -0.275. The zero-order chi connectivity index (χ0) is 17.1. The van der Waals surface area contributed by atoms with Gasteiger partial charge in [-0.2, -0.15) is 13.2 Å². The Morgan fingerprint density at radius 3 is 2.27 bits per heavy atom. The van der Waals surface area contributed by atoms with Gasteiger partial charge in [-0.1, -0.05) is 0 Å². The van der Waals surface area contributed by atoms with Crippen LogP contribution in [0.15, 0.2) is 6.07 Å². The molecule has 0 aliphatic rings. The van der Waals surface area contributed by atoms with E-state index >= 15 is 0 Å². The molecule has 0 fully saturated rings. The van der Waals surface area contributed by atoms with E-state index in [4.69, 9.17) is 5.73 Å². The van der Waals surface area contributed by atoms with Gasteiger partial charge < -0.3 is 15.2 Å². The normalized spacial score (nSPS) is 12.2. The third kappa shape index (κ3) is 4.48. The summed E-state index contributed by atoms with van der Waals surface area (Å²) in [6, 6.07) is 0.123. The molecule has 11 heteroatoms. The zero-order valence-electron chi connectivity index (χ0n) is 11.0. The van der Waals surface area contributed by atoms with Crippen molar-refractivity contribution in [2.24, 2.45) is 5.73 Å². The van der Waals surface area contributed by atoms with Crippen molar-refractivity contribution in [3.8, 4) is 5.75 Å². The van der Waals surface area contributed by atoms with Gasteiger partial charge in [0.25, 0.3) is 0 Å². The molecule has 1 heterocycles. The molecule has 1 aromatic rings. The number of hydrogen-bond donors (Lipinski definition) is 1. The van der Waals surface area contributed by atoms with Crippen LogP contribution in [0.25, 0.3) is 0 Å². The van der Waals surface area contributed by atoms with Crippen LogP contribution in [0.5, 0.6) is 5.75 Å². The van der Waals surface area contributed by atoms with Crippen LogP contribution >= 0.6 is 0 Å². The molecule has 1 rings (SSSR count). The maximum Gasteiger partial charge on any atom is 0.573 e. The van der Waals surface area contributed by atoms with Crippen molar-refractivity contribution >= 4 is 5.97 Å². The molecule has 1 aromatic heterocycles. The van der Waals surface area contributed by atoms with E-state index in [1.54, 1.807) is 0 Å². The highest BCUT2D eigenvalue weighted by Crippen LogP contribution is 2.35. The van der Waals surface area contributed by atoms with Crippen molar-refractivity contribution in [1.29, 1.82) is 0 Å². The van der Waals surface area contributed by atoms with Gasteiger partial charge in [0.05, 0.1) is 12.3 Å². The summed E-state index contributed by atoms with van der Waals surface area (Å²) in [7, 11) is 0. The summed E-state index contributed by atoms with van der Waals surface area (Å²) in [6.07, 6.45) is -10.2. The minimum absolute atomic E-state index is 0.123. The Kier molecular flexibility index (Phi) is 5.22. The zero-order valence-corrected chi connectivity index (χ0v) is 11.0. The number of aromatic nitrogens is 1. The van der Waals surface area contributed by atoms with Crippen LogP contribution in [0.3, 0.4) is 0 Å². The second-order valence-corrected chi connectivity index (χ2v) is 3.80. The molecule has 0 aliphatic carbocycles. The quantitative estimate of drug-likeness (QED) is 0.678. The average Bonchev–Trinajstić information content (AvgIpc) is 2.35. The standard InChI is InChI=1S/C11H10F6N2O3/c1-2-21-9(20)5-3-7(10(12,13)14)19-6(4-18)8(5)22-11(15,16)17/h3H,2,4,18H2,1H3. The van der Waals surface area contributed by atoms with E-state index in [0.717, 1.165) is 0 Å². The number of halogens is 6. The molecule has 0 atom stereocenters. The van der Waals surface area contributed by atoms with Gasteiger partial charge in [-0.25, -0.2) is 9.78 Å². The number of pyridine rings is 1. The lowest BCUT2D eigenvalue weighted by Crippen LogP contribution is -2.23. The fourth-order valence-corrected chi connectivity index (χ4v) is 1.46. The largest absolute Gasteiger partial charge is 0.573 e. The Morgan fingerprint density at radius 2 is 1.86 bits per heavy atom. The lowest BCUT2D eigenvalue weighted by atomic mass is 10.1. The second-order valence-electron chi connectivity index (χ2n) is 3.80. The molecule has 5 nitrogen and oxygen atoms in total. The Bertz CT molecular complexity index is 556. The van der Waals surface area contributed by atoms with Crippen LogP contribution in [0.4, 0.5) is 26.3 Å². The van der Waals surface area contributed by atoms with E-state index in [2.05, 4.69) is 14.5 Å². The van der Waals surface area contributed by atoms with E-state index < -0.39 is 47.8 Å². The minimum Gasteiger partial charge on any atom is -0.462 e. The van der Waals surface area contributed by atoms with Crippen LogP contribution in [-0.4, -0.2) is 23.9 Å². The van der Waals surface area contributed by atoms with Crippen molar-refractivity contribution in [2.75, 3.05) is 6.61 Å². The number of esters is 1. The number of alkyl halides is 6. The highest BCUT2D eigenvalue weighted by atomic mass is 19.4. The first-order valence-corrected chi connectivity index (χ1v) is 5.73. The Labute approximate surface area is 120 Å². The molecule has 0 saturated heterocycles. The molecule has 0 radical (unpaired) electrons. The first kappa shape index (κ1) is 18.0.